The van der Waals surface area contributed by atoms with Gasteiger partial charge in [0.05, 0.1) is 6.04 Å². The van der Waals surface area contributed by atoms with Gasteiger partial charge in [0.25, 0.3) is 0 Å². The van der Waals surface area contributed by atoms with E-state index in [1.54, 1.807) is 28.6 Å². The molecule has 0 radical (unpaired) electrons. The number of nitrogens with one attached hydrogen (secondary N) is 1. The van der Waals surface area contributed by atoms with Gasteiger partial charge in [-0.15, -0.1) is 0 Å². The molecule has 0 aromatic rings. The topological polar surface area (TPSA) is 46.2 Å². The molecule has 12 heavy (non-hydrogen) atoms. The monoisotopic (exact) mass is 207 g/mol. The lowest BCUT2D eigenvalue weighted by Crippen LogP contribution is -2.28. The quantitative estimate of drug-likeness (QED) is 0.361. The molecule has 0 spiro atoms. The van der Waals surface area contributed by atoms with E-state index in [9.17, 15) is 9.59 Å². The van der Waals surface area contributed by atoms with Crippen LogP contribution < -0.4 is 5.32 Å². The molecular weight excluding hydrogens is 194 g/mol. The standard InChI is InChI=1S/C7H13NO2S2/c1-8-7(5-10)6-12-11-4-2-3-9/h3,5,7-8H,2,4,6H2,1H3. The van der Waals surface area contributed by atoms with E-state index in [0.29, 0.717) is 6.42 Å². The summed E-state index contributed by atoms with van der Waals surface area (Å²) in [6.45, 7) is 0. The fourth-order valence-corrected chi connectivity index (χ4v) is 2.64. The van der Waals surface area contributed by atoms with Gasteiger partial charge in [-0.3, -0.25) is 0 Å². The molecule has 70 valence electrons. The molecule has 0 bridgehead atoms. The Kier molecular flexibility index (Phi) is 9.09. The lowest BCUT2D eigenvalue weighted by atomic mass is 10.4. The van der Waals surface area contributed by atoms with Gasteiger partial charge in [0.2, 0.25) is 0 Å². The van der Waals surface area contributed by atoms with E-state index in [2.05, 4.69) is 5.32 Å². The van der Waals surface area contributed by atoms with E-state index in [1.165, 1.54) is 0 Å². The summed E-state index contributed by atoms with van der Waals surface area (Å²) in [6.07, 6.45) is 2.39. The summed E-state index contributed by atoms with van der Waals surface area (Å²) in [4.78, 5) is 20.2. The van der Waals surface area contributed by atoms with Crippen molar-refractivity contribution < 1.29 is 9.59 Å². The van der Waals surface area contributed by atoms with Crippen molar-refractivity contribution >= 4 is 34.2 Å². The van der Waals surface area contributed by atoms with E-state index in [-0.39, 0.29) is 6.04 Å². The highest BCUT2D eigenvalue weighted by Crippen LogP contribution is 2.21. The van der Waals surface area contributed by atoms with Crippen LogP contribution in [0, 0.1) is 0 Å². The zero-order valence-corrected chi connectivity index (χ0v) is 8.62. The summed E-state index contributed by atoms with van der Waals surface area (Å²) >= 11 is 0. The normalized spacial score (nSPS) is 12.4. The Morgan fingerprint density at radius 3 is 2.67 bits per heavy atom. The number of carbonyl (C=O) groups is 2. The molecule has 1 N–H and O–H groups in total. The summed E-state index contributed by atoms with van der Waals surface area (Å²) in [7, 11) is 5.00. The average molecular weight is 207 g/mol. The van der Waals surface area contributed by atoms with E-state index >= 15 is 0 Å². The first-order chi connectivity index (χ1) is 5.85. The Morgan fingerprint density at radius 1 is 1.42 bits per heavy atom. The van der Waals surface area contributed by atoms with Gasteiger partial charge in [0.1, 0.15) is 12.6 Å². The molecule has 0 saturated heterocycles. The van der Waals surface area contributed by atoms with E-state index in [0.717, 1.165) is 24.1 Å². The van der Waals surface area contributed by atoms with Crippen LogP contribution in [0.25, 0.3) is 0 Å². The third kappa shape index (κ3) is 6.69. The van der Waals surface area contributed by atoms with Gasteiger partial charge in [-0.25, -0.2) is 0 Å². The van der Waals surface area contributed by atoms with Gasteiger partial charge in [0.15, 0.2) is 0 Å². The lowest BCUT2D eigenvalue weighted by molar-refractivity contribution is -0.109. The van der Waals surface area contributed by atoms with Gasteiger partial charge in [-0.1, -0.05) is 21.6 Å². The average Bonchev–Trinajstić information content (AvgIpc) is 2.11. The van der Waals surface area contributed by atoms with Crippen LogP contribution in [0.1, 0.15) is 6.42 Å². The molecule has 0 rings (SSSR count). The molecule has 0 heterocycles. The second-order valence-corrected chi connectivity index (χ2v) is 4.72. The van der Waals surface area contributed by atoms with Crippen LogP contribution in [0.3, 0.4) is 0 Å². The minimum atomic E-state index is -0.0706. The van der Waals surface area contributed by atoms with Gasteiger partial charge >= 0.3 is 0 Å². The molecule has 0 fully saturated rings. The fraction of sp³-hybridized carbons (Fsp3) is 0.714. The summed E-state index contributed by atoms with van der Waals surface area (Å²) in [5, 5.41) is 2.87. The first kappa shape index (κ1) is 12.0. The maximum atomic E-state index is 10.3. The van der Waals surface area contributed by atoms with Gasteiger partial charge in [-0.2, -0.15) is 0 Å². The number of aldehydes is 2. The molecule has 0 amide bonds. The van der Waals surface area contributed by atoms with Gasteiger partial charge < -0.3 is 14.9 Å². The van der Waals surface area contributed by atoms with Crippen LogP contribution in [-0.4, -0.2) is 37.2 Å². The molecule has 0 aliphatic carbocycles. The van der Waals surface area contributed by atoms with Crippen LogP contribution in [0.4, 0.5) is 0 Å². The maximum Gasteiger partial charge on any atom is 0.137 e. The molecule has 0 aliphatic heterocycles. The van der Waals surface area contributed by atoms with Crippen molar-refractivity contribution in [3.05, 3.63) is 0 Å². The Bertz CT molecular complexity index is 133. The van der Waals surface area contributed by atoms with Crippen LogP contribution in [0.5, 0.6) is 0 Å². The summed E-state index contributed by atoms with van der Waals surface area (Å²) in [6, 6.07) is -0.0706. The number of hydrogen-bond donors (Lipinski definition) is 1. The van der Waals surface area contributed by atoms with Crippen LogP contribution in [0.2, 0.25) is 0 Å². The zero-order chi connectivity index (χ0) is 9.23. The van der Waals surface area contributed by atoms with Crippen molar-refractivity contribution in [3.8, 4) is 0 Å². The Balaban J connectivity index is 3.17. The number of hydrogen-bond acceptors (Lipinski definition) is 5. The SMILES string of the molecule is CNC(C=O)CSSCCC=O. The summed E-state index contributed by atoms with van der Waals surface area (Å²) in [5.74, 6) is 1.58. The maximum absolute atomic E-state index is 10.3. The van der Waals surface area contributed by atoms with Crippen molar-refractivity contribution in [1.29, 1.82) is 0 Å². The molecule has 5 heteroatoms. The largest absolute Gasteiger partial charge is 0.310 e. The Labute approximate surface area is 80.4 Å². The molecule has 3 nitrogen and oxygen atoms in total. The number of rotatable bonds is 8. The summed E-state index contributed by atoms with van der Waals surface area (Å²) in [5.41, 5.74) is 0. The smallest absolute Gasteiger partial charge is 0.137 e. The van der Waals surface area contributed by atoms with E-state index in [1.807, 2.05) is 0 Å². The first-order valence-corrected chi connectivity index (χ1v) is 6.14. The van der Waals surface area contributed by atoms with Crippen LogP contribution >= 0.6 is 21.6 Å². The molecule has 1 unspecified atom stereocenters. The lowest BCUT2D eigenvalue weighted by Gasteiger charge is -2.06. The first-order valence-electron chi connectivity index (χ1n) is 3.65. The van der Waals surface area contributed by atoms with E-state index in [4.69, 9.17) is 0 Å². The minimum absolute atomic E-state index is 0.0706. The number of likely N-dealkylation sites (N-methyl/N-ethyl adjacent to an activating group) is 1. The zero-order valence-electron chi connectivity index (χ0n) is 6.99. The Hall–Kier alpha value is -0.0000000000000000555. The summed E-state index contributed by atoms with van der Waals surface area (Å²) < 4.78 is 0. The predicted molar refractivity (Wildman–Crippen MR) is 54.5 cm³/mol. The highest BCUT2D eigenvalue weighted by Gasteiger charge is 2.02. The molecule has 0 aromatic heterocycles. The van der Waals surface area contributed by atoms with Crippen LogP contribution in [0.15, 0.2) is 0 Å². The van der Waals surface area contributed by atoms with Crippen molar-refractivity contribution in [2.75, 3.05) is 18.6 Å². The van der Waals surface area contributed by atoms with Crippen molar-refractivity contribution in [2.45, 2.75) is 12.5 Å². The molecule has 1 atom stereocenters. The highest BCUT2D eigenvalue weighted by molar-refractivity contribution is 8.76. The second-order valence-electron chi connectivity index (χ2n) is 2.09. The predicted octanol–water partition coefficient (Wildman–Crippen LogP) is 0.744. The molecule has 0 aromatic carbocycles. The molecular formula is C7H13NO2S2. The third-order valence-electron chi connectivity index (χ3n) is 1.19. The van der Waals surface area contributed by atoms with E-state index < -0.39 is 0 Å². The third-order valence-corrected chi connectivity index (χ3v) is 3.66. The second kappa shape index (κ2) is 9.09. The highest BCUT2D eigenvalue weighted by atomic mass is 33.1. The fourth-order valence-electron chi connectivity index (χ4n) is 0.467. The van der Waals surface area contributed by atoms with Gasteiger partial charge in [0, 0.05) is 17.9 Å². The molecule has 0 aliphatic rings. The van der Waals surface area contributed by atoms with Crippen molar-refractivity contribution in [3.63, 3.8) is 0 Å². The number of carbonyl (C=O) groups excluding carboxylic acids is 2. The Morgan fingerprint density at radius 2 is 2.17 bits per heavy atom. The van der Waals surface area contributed by atoms with Crippen LogP contribution in [-0.2, 0) is 9.59 Å². The molecule has 0 saturated carbocycles. The van der Waals surface area contributed by atoms with Gasteiger partial charge in [-0.05, 0) is 7.05 Å². The van der Waals surface area contributed by atoms with Crippen molar-refractivity contribution in [2.24, 2.45) is 0 Å². The van der Waals surface area contributed by atoms with Crippen molar-refractivity contribution in [1.82, 2.24) is 5.32 Å². The minimum Gasteiger partial charge on any atom is -0.310 e.